The first kappa shape index (κ1) is 10.7. The zero-order valence-corrected chi connectivity index (χ0v) is 11.0. The summed E-state index contributed by atoms with van der Waals surface area (Å²) in [7, 11) is 0. The molecule has 18 heavy (non-hydrogen) atoms. The second-order valence-corrected chi connectivity index (χ2v) is 6.61. The maximum atomic E-state index is 9.42. The van der Waals surface area contributed by atoms with Gasteiger partial charge in [0.05, 0.1) is 10.2 Å². The Labute approximate surface area is 110 Å². The molecule has 1 aromatic carbocycles. The molecule has 1 heterocycles. The molecule has 0 spiro atoms. The Morgan fingerprint density at radius 3 is 2.78 bits per heavy atom. The van der Waals surface area contributed by atoms with E-state index in [4.69, 9.17) is 4.98 Å². The van der Waals surface area contributed by atoms with Crippen molar-refractivity contribution in [3.63, 3.8) is 0 Å². The molecule has 2 nitrogen and oxygen atoms in total. The molecular weight excluding hydrogens is 242 g/mol. The van der Waals surface area contributed by atoms with E-state index in [-0.39, 0.29) is 5.41 Å². The second-order valence-electron chi connectivity index (χ2n) is 5.58. The van der Waals surface area contributed by atoms with Crippen LogP contribution >= 0.6 is 11.3 Å². The molecule has 0 unspecified atom stereocenters. The van der Waals surface area contributed by atoms with Crippen LogP contribution in [0.5, 0.6) is 0 Å². The Morgan fingerprint density at radius 2 is 2.11 bits per heavy atom. The van der Waals surface area contributed by atoms with Crippen molar-refractivity contribution < 1.29 is 5.11 Å². The lowest BCUT2D eigenvalue weighted by Gasteiger charge is -2.48. The first-order valence-corrected chi connectivity index (χ1v) is 7.29. The summed E-state index contributed by atoms with van der Waals surface area (Å²) >= 11 is 1.81. The summed E-state index contributed by atoms with van der Waals surface area (Å²) in [6.07, 6.45) is 4.40. The van der Waals surface area contributed by atoms with E-state index in [0.29, 0.717) is 6.61 Å². The highest BCUT2D eigenvalue weighted by Crippen LogP contribution is 2.57. The predicted molar refractivity (Wildman–Crippen MR) is 74.5 cm³/mol. The minimum Gasteiger partial charge on any atom is -0.396 e. The highest BCUT2D eigenvalue weighted by atomic mass is 32.1. The third kappa shape index (κ3) is 1.41. The van der Waals surface area contributed by atoms with Crippen LogP contribution in [0.2, 0.25) is 0 Å². The number of hydrogen-bond donors (Lipinski definition) is 1. The van der Waals surface area contributed by atoms with Gasteiger partial charge in [-0.1, -0.05) is 17.7 Å². The van der Waals surface area contributed by atoms with Gasteiger partial charge in [0.2, 0.25) is 0 Å². The van der Waals surface area contributed by atoms with Gasteiger partial charge in [0.1, 0.15) is 5.01 Å². The van der Waals surface area contributed by atoms with E-state index >= 15 is 0 Å². The Balaban J connectivity index is 1.76. The number of aliphatic hydroxyl groups is 1. The molecule has 3 heteroatoms. The van der Waals surface area contributed by atoms with Gasteiger partial charge < -0.3 is 5.11 Å². The predicted octanol–water partition coefficient (Wildman–Crippen LogP) is 3.62. The molecule has 3 aliphatic rings. The molecule has 0 radical (unpaired) electrons. The van der Waals surface area contributed by atoms with Gasteiger partial charge in [-0.2, -0.15) is 0 Å². The van der Waals surface area contributed by atoms with Crippen LogP contribution in [0.4, 0.5) is 0 Å². The Bertz CT molecular complexity index is 614. The molecule has 5 rings (SSSR count). The highest BCUT2D eigenvalue weighted by Gasteiger charge is 2.45. The number of rotatable bonds is 2. The average Bonchev–Trinajstić information content (AvgIpc) is 2.81. The van der Waals surface area contributed by atoms with Gasteiger partial charge in [0.25, 0.3) is 0 Å². The van der Waals surface area contributed by atoms with Crippen molar-refractivity contribution in [2.45, 2.75) is 25.7 Å². The Morgan fingerprint density at radius 1 is 1.28 bits per heavy atom. The van der Waals surface area contributed by atoms with Crippen molar-refractivity contribution in [2.24, 2.45) is 5.41 Å². The number of hydrogen-bond acceptors (Lipinski definition) is 3. The van der Waals surface area contributed by atoms with Gasteiger partial charge in [-0.05, 0) is 43.4 Å². The first-order chi connectivity index (χ1) is 8.80. The van der Waals surface area contributed by atoms with E-state index in [1.165, 1.54) is 20.9 Å². The lowest BCUT2D eigenvalue weighted by molar-refractivity contribution is 0.0697. The summed E-state index contributed by atoms with van der Waals surface area (Å²) in [6, 6.07) is 8.35. The third-order valence-electron chi connectivity index (χ3n) is 4.40. The topological polar surface area (TPSA) is 33.1 Å². The van der Waals surface area contributed by atoms with Gasteiger partial charge >= 0.3 is 0 Å². The number of aromatic nitrogens is 1. The number of thiazole rings is 1. The molecule has 0 amide bonds. The summed E-state index contributed by atoms with van der Waals surface area (Å²) in [5.74, 6) is 0. The van der Waals surface area contributed by atoms with Gasteiger partial charge in [-0.3, -0.25) is 0 Å². The normalized spacial score (nSPS) is 21.2. The summed E-state index contributed by atoms with van der Waals surface area (Å²) in [5, 5.41) is 10.6. The fourth-order valence-electron chi connectivity index (χ4n) is 3.26. The minimum absolute atomic E-state index is 0.232. The number of benzene rings is 1. The molecule has 1 saturated carbocycles. The Hall–Kier alpha value is -1.19. The molecule has 0 aliphatic heterocycles. The van der Waals surface area contributed by atoms with E-state index in [9.17, 15) is 5.11 Å². The van der Waals surface area contributed by atoms with Crippen LogP contribution in [-0.4, -0.2) is 16.7 Å². The van der Waals surface area contributed by atoms with Crippen LogP contribution in [0.25, 0.3) is 15.8 Å². The molecule has 2 aromatic rings. The third-order valence-corrected chi connectivity index (χ3v) is 5.49. The molecular formula is C15H15NOS. The molecule has 1 N–H and O–H groups in total. The van der Waals surface area contributed by atoms with Crippen molar-refractivity contribution in [3.05, 3.63) is 34.8 Å². The summed E-state index contributed by atoms with van der Waals surface area (Å²) in [4.78, 5) is 4.76. The van der Waals surface area contributed by atoms with E-state index in [1.54, 1.807) is 0 Å². The van der Waals surface area contributed by atoms with Crippen LogP contribution in [0.1, 0.15) is 30.7 Å². The highest BCUT2D eigenvalue weighted by molar-refractivity contribution is 7.19. The van der Waals surface area contributed by atoms with E-state index in [2.05, 4.69) is 18.2 Å². The standard InChI is InChI=1S/C15H15NOS/c17-9-15-6-5-11(10(7-15)8-15)14-16-12-3-1-2-4-13(12)18-14/h1-4,17H,5-9H2. The first-order valence-electron chi connectivity index (χ1n) is 6.47. The van der Waals surface area contributed by atoms with Gasteiger partial charge in [-0.25, -0.2) is 4.98 Å². The SMILES string of the molecule is OCC12CCC(c3nc4ccccc4s3)=C(C1)C2. The number of allylic oxidation sites excluding steroid dienone is 2. The fourth-order valence-corrected chi connectivity index (χ4v) is 4.35. The fraction of sp³-hybridized carbons (Fsp3) is 0.400. The maximum absolute atomic E-state index is 9.42. The zero-order chi connectivity index (χ0) is 12.2. The summed E-state index contributed by atoms with van der Waals surface area (Å²) in [5.41, 5.74) is 4.35. The van der Waals surface area contributed by atoms with Crippen LogP contribution < -0.4 is 0 Å². The molecule has 0 saturated heterocycles. The van der Waals surface area contributed by atoms with Crippen LogP contribution in [0, 0.1) is 5.41 Å². The lowest BCUT2D eigenvalue weighted by Crippen LogP contribution is -2.38. The lowest BCUT2D eigenvalue weighted by atomic mass is 9.58. The van der Waals surface area contributed by atoms with Crippen LogP contribution in [0.3, 0.4) is 0 Å². The number of fused-ring (bicyclic) bond motifs is 3. The van der Waals surface area contributed by atoms with Crippen molar-refractivity contribution in [1.82, 2.24) is 4.98 Å². The minimum atomic E-state index is 0.232. The van der Waals surface area contributed by atoms with E-state index in [0.717, 1.165) is 31.2 Å². The molecule has 92 valence electrons. The summed E-state index contributed by atoms with van der Waals surface area (Å²) < 4.78 is 1.28. The molecule has 1 fully saturated rings. The van der Waals surface area contributed by atoms with Crippen molar-refractivity contribution in [3.8, 4) is 0 Å². The van der Waals surface area contributed by atoms with E-state index in [1.807, 2.05) is 17.4 Å². The molecule has 3 aliphatic carbocycles. The smallest absolute Gasteiger partial charge is 0.120 e. The van der Waals surface area contributed by atoms with Crippen molar-refractivity contribution in [1.29, 1.82) is 0 Å². The van der Waals surface area contributed by atoms with Crippen LogP contribution in [-0.2, 0) is 0 Å². The van der Waals surface area contributed by atoms with E-state index < -0.39 is 0 Å². The molecule has 1 aromatic heterocycles. The second kappa shape index (κ2) is 3.65. The number of para-hydroxylation sites is 1. The molecule has 0 atom stereocenters. The van der Waals surface area contributed by atoms with Gasteiger partial charge in [-0.15, -0.1) is 11.3 Å². The average molecular weight is 257 g/mol. The van der Waals surface area contributed by atoms with Crippen LogP contribution in [0.15, 0.2) is 29.8 Å². The number of aliphatic hydroxyl groups excluding tert-OH is 1. The zero-order valence-electron chi connectivity index (χ0n) is 10.1. The van der Waals surface area contributed by atoms with Gasteiger partial charge in [0.15, 0.2) is 0 Å². The maximum Gasteiger partial charge on any atom is 0.120 e. The summed E-state index contributed by atoms with van der Waals surface area (Å²) in [6.45, 7) is 0.351. The quantitative estimate of drug-likeness (QED) is 0.891. The Kier molecular flexibility index (Phi) is 2.17. The van der Waals surface area contributed by atoms with Gasteiger partial charge in [0, 0.05) is 12.0 Å². The number of nitrogens with zero attached hydrogens (tertiary/aromatic N) is 1. The molecule has 2 bridgehead atoms. The monoisotopic (exact) mass is 257 g/mol. The van der Waals surface area contributed by atoms with Crippen molar-refractivity contribution in [2.75, 3.05) is 6.61 Å². The largest absolute Gasteiger partial charge is 0.396 e. The van der Waals surface area contributed by atoms with Crippen molar-refractivity contribution >= 4 is 27.1 Å².